The highest BCUT2D eigenvalue weighted by Gasteiger charge is 2.17. The predicted molar refractivity (Wildman–Crippen MR) is 124 cm³/mol. The van der Waals surface area contributed by atoms with Crippen LogP contribution in [0.5, 0.6) is 0 Å². The lowest BCUT2D eigenvalue weighted by molar-refractivity contribution is 0.222. The normalized spacial score (nSPS) is 14.0. The van der Waals surface area contributed by atoms with Gasteiger partial charge in [0, 0.05) is 38.9 Å². The smallest absolute Gasteiger partial charge is 0.321 e. The highest BCUT2D eigenvalue weighted by Crippen LogP contribution is 2.15. The van der Waals surface area contributed by atoms with Gasteiger partial charge in [-0.15, -0.1) is 0 Å². The van der Waals surface area contributed by atoms with Crippen LogP contribution in [0.1, 0.15) is 36.5 Å². The number of likely N-dealkylation sites (tertiary alicyclic amines) is 1. The van der Waals surface area contributed by atoms with Crippen molar-refractivity contribution in [2.24, 2.45) is 4.99 Å². The lowest BCUT2D eigenvalue weighted by Crippen LogP contribution is -2.38. The Morgan fingerprint density at radius 2 is 1.90 bits per heavy atom. The van der Waals surface area contributed by atoms with E-state index in [2.05, 4.69) is 60.7 Å². The molecule has 0 unspecified atom stereocenters. The average Bonchev–Trinajstić information content (AvgIpc) is 3.28. The van der Waals surface area contributed by atoms with Crippen molar-refractivity contribution in [3.63, 3.8) is 0 Å². The van der Waals surface area contributed by atoms with E-state index in [4.69, 9.17) is 4.99 Å². The summed E-state index contributed by atoms with van der Waals surface area (Å²) in [6.07, 6.45) is 2.18. The SMILES string of the molecule is CCNC(=NCc1cccc(NC(=O)N2CCCC2)c1)N(C)Cc1ccccc1C. The van der Waals surface area contributed by atoms with Crippen LogP contribution in [-0.2, 0) is 13.1 Å². The predicted octanol–water partition coefficient (Wildman–Crippen LogP) is 4.22. The van der Waals surface area contributed by atoms with Crippen molar-refractivity contribution >= 4 is 17.7 Å². The quantitative estimate of drug-likeness (QED) is 0.557. The van der Waals surface area contributed by atoms with Gasteiger partial charge in [0.05, 0.1) is 6.54 Å². The number of anilines is 1. The molecule has 0 atom stereocenters. The molecule has 0 aromatic heterocycles. The molecule has 1 saturated heterocycles. The van der Waals surface area contributed by atoms with E-state index in [1.165, 1.54) is 11.1 Å². The molecule has 160 valence electrons. The molecular formula is C24H33N5O. The van der Waals surface area contributed by atoms with Gasteiger partial charge in [-0.1, -0.05) is 36.4 Å². The number of hydrogen-bond donors (Lipinski definition) is 2. The summed E-state index contributed by atoms with van der Waals surface area (Å²) in [7, 11) is 2.06. The maximum absolute atomic E-state index is 12.3. The first-order valence-corrected chi connectivity index (χ1v) is 10.8. The number of urea groups is 1. The molecule has 0 radical (unpaired) electrons. The highest BCUT2D eigenvalue weighted by molar-refractivity contribution is 5.89. The van der Waals surface area contributed by atoms with Crippen molar-refractivity contribution in [2.45, 2.75) is 39.8 Å². The van der Waals surface area contributed by atoms with Crippen LogP contribution in [0, 0.1) is 6.92 Å². The number of nitrogens with one attached hydrogen (secondary N) is 2. The van der Waals surface area contributed by atoms with Crippen molar-refractivity contribution < 1.29 is 4.79 Å². The summed E-state index contributed by atoms with van der Waals surface area (Å²) < 4.78 is 0. The third-order valence-corrected chi connectivity index (χ3v) is 5.35. The Hall–Kier alpha value is -3.02. The van der Waals surface area contributed by atoms with E-state index in [0.717, 1.165) is 56.2 Å². The zero-order valence-electron chi connectivity index (χ0n) is 18.3. The molecule has 1 heterocycles. The first kappa shape index (κ1) is 21.7. The van der Waals surface area contributed by atoms with Gasteiger partial charge in [-0.05, 0) is 55.5 Å². The van der Waals surface area contributed by atoms with Crippen LogP contribution in [-0.4, -0.2) is 48.5 Å². The van der Waals surface area contributed by atoms with Crippen LogP contribution in [0.2, 0.25) is 0 Å². The number of hydrogen-bond acceptors (Lipinski definition) is 2. The van der Waals surface area contributed by atoms with Crippen LogP contribution in [0.4, 0.5) is 10.5 Å². The monoisotopic (exact) mass is 407 g/mol. The van der Waals surface area contributed by atoms with Crippen LogP contribution in [0.3, 0.4) is 0 Å². The van der Waals surface area contributed by atoms with Crippen LogP contribution in [0.15, 0.2) is 53.5 Å². The van der Waals surface area contributed by atoms with Crippen LogP contribution >= 0.6 is 0 Å². The first-order valence-electron chi connectivity index (χ1n) is 10.8. The molecule has 1 fully saturated rings. The number of aliphatic imine (C=N–C) groups is 1. The Labute approximate surface area is 180 Å². The van der Waals surface area contributed by atoms with Crippen LogP contribution < -0.4 is 10.6 Å². The van der Waals surface area contributed by atoms with Gasteiger partial charge in [-0.25, -0.2) is 9.79 Å². The summed E-state index contributed by atoms with van der Waals surface area (Å²) >= 11 is 0. The van der Waals surface area contributed by atoms with Crippen molar-refractivity contribution in [1.29, 1.82) is 0 Å². The molecule has 2 N–H and O–H groups in total. The van der Waals surface area contributed by atoms with Gasteiger partial charge in [-0.3, -0.25) is 0 Å². The molecule has 1 aliphatic heterocycles. The van der Waals surface area contributed by atoms with Crippen LogP contribution in [0.25, 0.3) is 0 Å². The van der Waals surface area contributed by atoms with E-state index in [9.17, 15) is 4.79 Å². The molecule has 1 aliphatic rings. The minimum atomic E-state index is -0.0144. The Morgan fingerprint density at radius 1 is 1.13 bits per heavy atom. The number of rotatable bonds is 6. The van der Waals surface area contributed by atoms with Gasteiger partial charge in [-0.2, -0.15) is 0 Å². The summed E-state index contributed by atoms with van der Waals surface area (Å²) in [6, 6.07) is 16.3. The zero-order valence-corrected chi connectivity index (χ0v) is 18.3. The van der Waals surface area contributed by atoms with Gasteiger partial charge in [0.25, 0.3) is 0 Å². The Balaban J connectivity index is 1.65. The van der Waals surface area contributed by atoms with Crippen molar-refractivity contribution in [3.05, 3.63) is 65.2 Å². The molecule has 0 saturated carbocycles. The second-order valence-corrected chi connectivity index (χ2v) is 7.78. The molecule has 2 aromatic rings. The largest absolute Gasteiger partial charge is 0.357 e. The fraction of sp³-hybridized carbons (Fsp3) is 0.417. The Morgan fingerprint density at radius 3 is 2.63 bits per heavy atom. The number of carbonyl (C=O) groups is 1. The van der Waals surface area contributed by atoms with Gasteiger partial charge >= 0.3 is 6.03 Å². The maximum Gasteiger partial charge on any atom is 0.321 e. The molecule has 6 heteroatoms. The van der Waals surface area contributed by atoms with Gasteiger partial charge in [0.15, 0.2) is 5.96 Å². The zero-order chi connectivity index (χ0) is 21.3. The Kier molecular flexibility index (Phi) is 7.71. The molecule has 2 amide bonds. The van der Waals surface area contributed by atoms with Gasteiger partial charge in [0.2, 0.25) is 0 Å². The minimum Gasteiger partial charge on any atom is -0.357 e. The van der Waals surface area contributed by atoms with Gasteiger partial charge < -0.3 is 20.4 Å². The first-order chi connectivity index (χ1) is 14.6. The molecule has 0 bridgehead atoms. The minimum absolute atomic E-state index is 0.0144. The number of guanidine groups is 1. The molecule has 0 spiro atoms. The van der Waals surface area contributed by atoms with Gasteiger partial charge in [0.1, 0.15) is 0 Å². The number of aryl methyl sites for hydroxylation is 1. The summed E-state index contributed by atoms with van der Waals surface area (Å²) in [5.74, 6) is 0.868. The average molecular weight is 408 g/mol. The van der Waals surface area contributed by atoms with E-state index < -0.39 is 0 Å². The molecule has 3 rings (SSSR count). The summed E-state index contributed by atoms with van der Waals surface area (Å²) in [5.41, 5.74) is 4.45. The second kappa shape index (κ2) is 10.7. The number of amides is 2. The standard InChI is InChI=1S/C24H33N5O/c1-4-25-23(28(3)18-21-12-6-5-10-19(21)2)26-17-20-11-9-13-22(16-20)27-24(30)29-14-7-8-15-29/h5-6,9-13,16H,4,7-8,14-15,17-18H2,1-3H3,(H,25,26)(H,27,30). The summed E-state index contributed by atoms with van der Waals surface area (Å²) in [5, 5.41) is 6.39. The van der Waals surface area contributed by atoms with Crippen molar-refractivity contribution in [1.82, 2.24) is 15.1 Å². The summed E-state index contributed by atoms with van der Waals surface area (Å²) in [4.78, 5) is 21.2. The lowest BCUT2D eigenvalue weighted by atomic mass is 10.1. The van der Waals surface area contributed by atoms with E-state index in [1.807, 2.05) is 29.2 Å². The van der Waals surface area contributed by atoms with E-state index in [0.29, 0.717) is 6.54 Å². The lowest BCUT2D eigenvalue weighted by Gasteiger charge is -2.23. The molecule has 0 aliphatic carbocycles. The number of benzene rings is 2. The number of nitrogens with zero attached hydrogens (tertiary/aromatic N) is 3. The molecule has 30 heavy (non-hydrogen) atoms. The summed E-state index contributed by atoms with van der Waals surface area (Å²) in [6.45, 7) is 8.05. The third-order valence-electron chi connectivity index (χ3n) is 5.35. The molecule has 6 nitrogen and oxygen atoms in total. The highest BCUT2D eigenvalue weighted by atomic mass is 16.2. The van der Waals surface area contributed by atoms with Crippen molar-refractivity contribution in [3.8, 4) is 0 Å². The molecule has 2 aromatic carbocycles. The van der Waals surface area contributed by atoms with E-state index in [-0.39, 0.29) is 6.03 Å². The maximum atomic E-state index is 12.3. The van der Waals surface area contributed by atoms with Crippen molar-refractivity contribution in [2.75, 3.05) is 32.0 Å². The van der Waals surface area contributed by atoms with E-state index in [1.54, 1.807) is 0 Å². The molecular weight excluding hydrogens is 374 g/mol. The second-order valence-electron chi connectivity index (χ2n) is 7.78. The topological polar surface area (TPSA) is 60.0 Å². The van der Waals surface area contributed by atoms with E-state index >= 15 is 0 Å². The fourth-order valence-corrected chi connectivity index (χ4v) is 3.62. The Bertz CT molecular complexity index is 873. The third kappa shape index (κ3) is 5.99. The fourth-order valence-electron chi connectivity index (χ4n) is 3.62. The number of carbonyl (C=O) groups excluding carboxylic acids is 1.